The molecule has 0 saturated heterocycles. The first kappa shape index (κ1) is 25.1. The van der Waals surface area contributed by atoms with Crippen LogP contribution in [0.1, 0.15) is 136 Å². The minimum absolute atomic E-state index is 0.142. The minimum Gasteiger partial charge on any atom is -0.462 e. The van der Waals surface area contributed by atoms with Crippen LogP contribution in [-0.2, 0) is 9.53 Å². The average Bonchev–Trinajstić information content (AvgIpc) is 2.79. The van der Waals surface area contributed by atoms with Gasteiger partial charge < -0.3 is 4.74 Å². The summed E-state index contributed by atoms with van der Waals surface area (Å²) in [5, 5.41) is 0. The van der Waals surface area contributed by atoms with Gasteiger partial charge in [-0.1, -0.05) is 72.1 Å². The van der Waals surface area contributed by atoms with Crippen molar-refractivity contribution < 1.29 is 9.53 Å². The van der Waals surface area contributed by atoms with Crippen LogP contribution >= 0.6 is 0 Å². The second-order valence-corrected chi connectivity index (χ2v) is 11.6. The van der Waals surface area contributed by atoms with Gasteiger partial charge in [0.15, 0.2) is 0 Å². The standard InChI is InChI=1S/C29H52O2/c1-4-6-8-10-24-13-20-28(22(3)21-24)25-14-16-26(17-15-25)29(30)31-27-18-11-23(12-19-27)9-7-5-2/h22-28H,4-21H2,1-3H3/t22-,23?,24+,25?,26?,27?,28-/m1/s1. The molecule has 3 saturated carbocycles. The Kier molecular flexibility index (Phi) is 10.7. The molecule has 0 heterocycles. The van der Waals surface area contributed by atoms with Gasteiger partial charge in [-0.3, -0.25) is 4.79 Å². The molecule has 2 nitrogen and oxygen atoms in total. The van der Waals surface area contributed by atoms with Crippen molar-refractivity contribution in [2.24, 2.45) is 35.5 Å². The number of hydrogen-bond acceptors (Lipinski definition) is 2. The zero-order valence-corrected chi connectivity index (χ0v) is 21.1. The van der Waals surface area contributed by atoms with E-state index < -0.39 is 0 Å². The van der Waals surface area contributed by atoms with Crippen LogP contribution in [0, 0.1) is 35.5 Å². The molecule has 180 valence electrons. The molecule has 31 heavy (non-hydrogen) atoms. The fraction of sp³-hybridized carbons (Fsp3) is 0.966. The van der Waals surface area contributed by atoms with E-state index in [1.54, 1.807) is 0 Å². The number of carbonyl (C=O) groups excluding carboxylic acids is 1. The van der Waals surface area contributed by atoms with E-state index in [1.165, 1.54) is 89.9 Å². The lowest BCUT2D eigenvalue weighted by molar-refractivity contribution is -0.157. The summed E-state index contributed by atoms with van der Waals surface area (Å²) in [5.74, 6) is 4.87. The summed E-state index contributed by atoms with van der Waals surface area (Å²) in [6.07, 6.45) is 23.7. The quantitative estimate of drug-likeness (QED) is 0.255. The van der Waals surface area contributed by atoms with E-state index >= 15 is 0 Å². The number of rotatable bonds is 10. The highest BCUT2D eigenvalue weighted by Crippen LogP contribution is 2.45. The van der Waals surface area contributed by atoms with Gasteiger partial charge >= 0.3 is 5.97 Å². The van der Waals surface area contributed by atoms with Gasteiger partial charge in [0.2, 0.25) is 0 Å². The summed E-state index contributed by atoms with van der Waals surface area (Å²) < 4.78 is 6.01. The van der Waals surface area contributed by atoms with Crippen molar-refractivity contribution in [1.29, 1.82) is 0 Å². The first-order chi connectivity index (χ1) is 15.1. The van der Waals surface area contributed by atoms with Gasteiger partial charge in [0.25, 0.3) is 0 Å². The Labute approximate surface area is 193 Å². The Morgan fingerprint density at radius 3 is 2.03 bits per heavy atom. The van der Waals surface area contributed by atoms with E-state index in [1.807, 2.05) is 0 Å². The Bertz CT molecular complexity index is 499. The van der Waals surface area contributed by atoms with Gasteiger partial charge in [-0.2, -0.15) is 0 Å². The number of esters is 1. The second-order valence-electron chi connectivity index (χ2n) is 11.6. The summed E-state index contributed by atoms with van der Waals surface area (Å²) in [5.41, 5.74) is 0. The van der Waals surface area contributed by atoms with Crippen molar-refractivity contribution in [3.63, 3.8) is 0 Å². The maximum atomic E-state index is 12.8. The van der Waals surface area contributed by atoms with E-state index in [2.05, 4.69) is 20.8 Å². The molecule has 0 N–H and O–H groups in total. The molecule has 0 aliphatic heterocycles. The molecule has 0 aromatic heterocycles. The molecule has 0 amide bonds. The smallest absolute Gasteiger partial charge is 0.309 e. The van der Waals surface area contributed by atoms with Gasteiger partial charge in [-0.05, 0) is 93.8 Å². The molecule has 3 atom stereocenters. The second kappa shape index (κ2) is 13.2. The number of carbonyl (C=O) groups is 1. The maximum absolute atomic E-state index is 12.8. The summed E-state index contributed by atoms with van der Waals surface area (Å²) >= 11 is 0. The third-order valence-electron chi connectivity index (χ3n) is 9.31. The lowest BCUT2D eigenvalue weighted by atomic mass is 9.64. The monoisotopic (exact) mass is 432 g/mol. The SMILES string of the molecule is CCCCC[C@H]1CC[C@@H](C2CCC(C(=O)OC3CCC(CCCC)CC3)CC2)[C@H](C)C1. The van der Waals surface area contributed by atoms with Crippen molar-refractivity contribution in [3.05, 3.63) is 0 Å². The summed E-state index contributed by atoms with van der Waals surface area (Å²) in [7, 11) is 0. The maximum Gasteiger partial charge on any atom is 0.309 e. The minimum atomic E-state index is 0.142. The molecule has 0 aromatic rings. The molecule has 3 fully saturated rings. The van der Waals surface area contributed by atoms with Crippen molar-refractivity contribution >= 4 is 5.97 Å². The first-order valence-corrected chi connectivity index (χ1v) is 14.3. The highest BCUT2D eigenvalue weighted by molar-refractivity contribution is 5.72. The van der Waals surface area contributed by atoms with Crippen LogP contribution in [0.5, 0.6) is 0 Å². The van der Waals surface area contributed by atoms with Crippen LogP contribution in [0.25, 0.3) is 0 Å². The molecule has 2 heteroatoms. The van der Waals surface area contributed by atoms with Crippen LogP contribution in [0.3, 0.4) is 0 Å². The number of hydrogen-bond donors (Lipinski definition) is 0. The van der Waals surface area contributed by atoms with Crippen molar-refractivity contribution in [1.82, 2.24) is 0 Å². The van der Waals surface area contributed by atoms with Gasteiger partial charge in [0, 0.05) is 0 Å². The average molecular weight is 433 g/mol. The van der Waals surface area contributed by atoms with Gasteiger partial charge in [-0.15, -0.1) is 0 Å². The van der Waals surface area contributed by atoms with E-state index in [4.69, 9.17) is 4.74 Å². The van der Waals surface area contributed by atoms with Crippen molar-refractivity contribution in [2.45, 2.75) is 142 Å². The Balaban J connectivity index is 1.33. The predicted molar refractivity (Wildman–Crippen MR) is 131 cm³/mol. The Hall–Kier alpha value is -0.530. The normalized spacial score (nSPS) is 36.8. The molecule has 3 rings (SSSR count). The largest absolute Gasteiger partial charge is 0.462 e. The van der Waals surface area contributed by atoms with Crippen LogP contribution in [0.2, 0.25) is 0 Å². The molecule has 0 radical (unpaired) electrons. The van der Waals surface area contributed by atoms with E-state index in [0.29, 0.717) is 0 Å². The molecule has 3 aliphatic carbocycles. The highest BCUT2D eigenvalue weighted by Gasteiger charge is 2.37. The Morgan fingerprint density at radius 1 is 0.742 bits per heavy atom. The third-order valence-corrected chi connectivity index (χ3v) is 9.31. The molecule has 0 spiro atoms. The molecule has 0 unspecified atom stereocenters. The first-order valence-electron chi connectivity index (χ1n) is 14.3. The molecule has 3 aliphatic rings. The van der Waals surface area contributed by atoms with Crippen LogP contribution in [0.15, 0.2) is 0 Å². The molecule has 0 bridgehead atoms. The van der Waals surface area contributed by atoms with Crippen LogP contribution in [-0.4, -0.2) is 12.1 Å². The summed E-state index contributed by atoms with van der Waals surface area (Å²) in [6, 6.07) is 0. The number of unbranched alkanes of at least 4 members (excludes halogenated alkanes) is 3. The van der Waals surface area contributed by atoms with Gasteiger partial charge in [0.05, 0.1) is 5.92 Å². The van der Waals surface area contributed by atoms with Crippen LogP contribution < -0.4 is 0 Å². The zero-order valence-electron chi connectivity index (χ0n) is 21.1. The highest BCUT2D eigenvalue weighted by atomic mass is 16.5. The van der Waals surface area contributed by atoms with Crippen LogP contribution in [0.4, 0.5) is 0 Å². The van der Waals surface area contributed by atoms with E-state index in [0.717, 1.165) is 55.3 Å². The number of ether oxygens (including phenoxy) is 1. The van der Waals surface area contributed by atoms with Crippen molar-refractivity contribution in [2.75, 3.05) is 0 Å². The van der Waals surface area contributed by atoms with Crippen molar-refractivity contribution in [3.8, 4) is 0 Å². The van der Waals surface area contributed by atoms with E-state index in [-0.39, 0.29) is 18.0 Å². The van der Waals surface area contributed by atoms with Gasteiger partial charge in [-0.25, -0.2) is 0 Å². The zero-order chi connectivity index (χ0) is 22.1. The molecular weight excluding hydrogens is 380 g/mol. The fourth-order valence-electron chi connectivity index (χ4n) is 7.25. The lowest BCUT2D eigenvalue weighted by Gasteiger charge is -2.41. The summed E-state index contributed by atoms with van der Waals surface area (Å²) in [6.45, 7) is 7.11. The predicted octanol–water partition coefficient (Wildman–Crippen LogP) is 8.72. The molecular formula is C29H52O2. The summed E-state index contributed by atoms with van der Waals surface area (Å²) in [4.78, 5) is 12.8. The molecule has 0 aromatic carbocycles. The third kappa shape index (κ3) is 7.78. The van der Waals surface area contributed by atoms with Gasteiger partial charge in [0.1, 0.15) is 6.10 Å². The lowest BCUT2D eigenvalue weighted by Crippen LogP contribution is -2.34. The van der Waals surface area contributed by atoms with E-state index in [9.17, 15) is 4.79 Å². The fourth-order valence-corrected chi connectivity index (χ4v) is 7.25. The topological polar surface area (TPSA) is 26.3 Å². The Morgan fingerprint density at radius 2 is 1.39 bits per heavy atom.